The van der Waals surface area contributed by atoms with Gasteiger partial charge in [-0.25, -0.2) is 0 Å². The molecule has 0 heterocycles. The molecule has 0 radical (unpaired) electrons. The van der Waals surface area contributed by atoms with Gasteiger partial charge in [-0.1, -0.05) is 20.8 Å². The zero-order chi connectivity index (χ0) is 16.5. The third-order valence-corrected chi connectivity index (χ3v) is 3.71. The molecule has 0 aliphatic heterocycles. The van der Waals surface area contributed by atoms with E-state index in [1.807, 2.05) is 13.8 Å². The van der Waals surface area contributed by atoms with Crippen LogP contribution in [0.5, 0.6) is 0 Å². The first-order chi connectivity index (χ1) is 9.37. The first-order valence-corrected chi connectivity index (χ1v) is 6.89. The molecule has 2 nitrogen and oxygen atoms in total. The Hall–Kier alpha value is -0.500. The highest BCUT2D eigenvalue weighted by Gasteiger charge is 2.59. The standard InChI is InChI=1S/C13H21F6NO/c1-4-20-8-5-6-11(2,3)7-9(8)21-10(12(14,15)16)13(17,18)19/h8-10,20H,4-7H2,1-3H3. The van der Waals surface area contributed by atoms with E-state index in [1.165, 1.54) is 0 Å². The van der Waals surface area contributed by atoms with Crippen molar-refractivity contribution in [1.82, 2.24) is 5.32 Å². The summed E-state index contributed by atoms with van der Waals surface area (Å²) in [5, 5.41) is 2.92. The van der Waals surface area contributed by atoms with Gasteiger partial charge >= 0.3 is 12.4 Å². The van der Waals surface area contributed by atoms with E-state index in [4.69, 9.17) is 0 Å². The van der Waals surface area contributed by atoms with Crippen LogP contribution in [0.1, 0.15) is 40.0 Å². The van der Waals surface area contributed by atoms with Gasteiger partial charge in [-0.15, -0.1) is 0 Å². The summed E-state index contributed by atoms with van der Waals surface area (Å²) in [6.07, 6.45) is -14.4. The summed E-state index contributed by atoms with van der Waals surface area (Å²) in [5.74, 6) is 0. The quantitative estimate of drug-likeness (QED) is 0.789. The second kappa shape index (κ2) is 6.32. The Kier molecular flexibility index (Phi) is 5.58. The van der Waals surface area contributed by atoms with Gasteiger partial charge in [0.2, 0.25) is 6.10 Å². The highest BCUT2D eigenvalue weighted by molar-refractivity contribution is 4.91. The van der Waals surface area contributed by atoms with Crippen LogP contribution in [-0.4, -0.2) is 37.1 Å². The largest absolute Gasteiger partial charge is 0.423 e. The number of nitrogens with one attached hydrogen (secondary N) is 1. The molecular formula is C13H21F6NO. The molecule has 0 aromatic heterocycles. The Balaban J connectivity index is 2.91. The third-order valence-electron chi connectivity index (χ3n) is 3.71. The summed E-state index contributed by atoms with van der Waals surface area (Å²) in [6.45, 7) is 5.86. The number of halogens is 6. The van der Waals surface area contributed by atoms with Crippen LogP contribution in [-0.2, 0) is 4.74 Å². The minimum Gasteiger partial charge on any atom is -0.356 e. The van der Waals surface area contributed by atoms with Gasteiger partial charge in [0.05, 0.1) is 6.10 Å². The molecule has 0 saturated heterocycles. The minimum absolute atomic E-state index is 0.160. The molecule has 126 valence electrons. The summed E-state index contributed by atoms with van der Waals surface area (Å²) in [5.41, 5.74) is -0.335. The van der Waals surface area contributed by atoms with Gasteiger partial charge in [-0.05, 0) is 31.2 Å². The molecular weight excluding hydrogens is 300 g/mol. The molecule has 1 saturated carbocycles. The average Bonchev–Trinajstić information content (AvgIpc) is 2.26. The molecule has 1 N–H and O–H groups in total. The summed E-state index contributed by atoms with van der Waals surface area (Å²) >= 11 is 0. The molecule has 1 aliphatic rings. The second-order valence-corrected chi connectivity index (χ2v) is 6.21. The predicted octanol–water partition coefficient (Wildman–Crippen LogP) is 4.05. The van der Waals surface area contributed by atoms with Crippen LogP contribution in [0.2, 0.25) is 0 Å². The Bertz CT molecular complexity index is 325. The molecule has 2 unspecified atom stereocenters. The van der Waals surface area contributed by atoms with Crippen molar-refractivity contribution >= 4 is 0 Å². The van der Waals surface area contributed by atoms with Crippen molar-refractivity contribution in [2.75, 3.05) is 6.54 Å². The van der Waals surface area contributed by atoms with Crippen LogP contribution in [0.3, 0.4) is 0 Å². The molecule has 1 fully saturated rings. The highest BCUT2D eigenvalue weighted by Crippen LogP contribution is 2.41. The summed E-state index contributed by atoms with van der Waals surface area (Å²) in [7, 11) is 0. The normalized spacial score (nSPS) is 27.1. The lowest BCUT2D eigenvalue weighted by Gasteiger charge is -2.42. The van der Waals surface area contributed by atoms with Crippen LogP contribution in [0.25, 0.3) is 0 Å². The lowest BCUT2D eigenvalue weighted by molar-refractivity contribution is -0.335. The number of likely N-dealkylation sites (N-methyl/N-ethyl adjacent to an activating group) is 1. The number of rotatable bonds is 4. The Labute approximate surface area is 120 Å². The van der Waals surface area contributed by atoms with Crippen LogP contribution < -0.4 is 5.32 Å². The van der Waals surface area contributed by atoms with Gasteiger partial charge in [-0.3, -0.25) is 0 Å². The van der Waals surface area contributed by atoms with Crippen LogP contribution in [0.4, 0.5) is 26.3 Å². The molecule has 0 bridgehead atoms. The predicted molar refractivity (Wildman–Crippen MR) is 65.9 cm³/mol. The maximum atomic E-state index is 12.6. The molecule has 2 atom stereocenters. The van der Waals surface area contributed by atoms with Gasteiger partial charge in [-0.2, -0.15) is 26.3 Å². The Morgan fingerprint density at radius 3 is 2.10 bits per heavy atom. The van der Waals surface area contributed by atoms with Gasteiger partial charge < -0.3 is 10.1 Å². The van der Waals surface area contributed by atoms with Crippen LogP contribution >= 0.6 is 0 Å². The fraction of sp³-hybridized carbons (Fsp3) is 1.00. The van der Waals surface area contributed by atoms with Crippen molar-refractivity contribution in [3.8, 4) is 0 Å². The molecule has 21 heavy (non-hydrogen) atoms. The monoisotopic (exact) mass is 321 g/mol. The molecule has 1 aliphatic carbocycles. The van der Waals surface area contributed by atoms with Crippen molar-refractivity contribution < 1.29 is 31.1 Å². The van der Waals surface area contributed by atoms with E-state index in [1.54, 1.807) is 6.92 Å². The van der Waals surface area contributed by atoms with Gasteiger partial charge in [0.1, 0.15) is 0 Å². The SMILES string of the molecule is CCNC1CCC(C)(C)CC1OC(C(F)(F)F)C(F)(F)F. The molecule has 1 rings (SSSR count). The van der Waals surface area contributed by atoms with Gasteiger partial charge in [0.15, 0.2) is 0 Å². The number of hydrogen-bond acceptors (Lipinski definition) is 2. The van der Waals surface area contributed by atoms with E-state index < -0.39 is 30.6 Å². The minimum atomic E-state index is -5.46. The van der Waals surface area contributed by atoms with Crippen molar-refractivity contribution in [3.63, 3.8) is 0 Å². The average molecular weight is 321 g/mol. The number of hydrogen-bond donors (Lipinski definition) is 1. The topological polar surface area (TPSA) is 21.3 Å². The lowest BCUT2D eigenvalue weighted by atomic mass is 9.74. The molecule has 0 aromatic rings. The van der Waals surface area contributed by atoms with Gasteiger partial charge in [0.25, 0.3) is 0 Å². The van der Waals surface area contributed by atoms with E-state index in [9.17, 15) is 26.3 Å². The van der Waals surface area contributed by atoms with Crippen molar-refractivity contribution in [2.24, 2.45) is 5.41 Å². The van der Waals surface area contributed by atoms with E-state index in [0.29, 0.717) is 13.0 Å². The fourth-order valence-electron chi connectivity index (χ4n) is 2.67. The smallest absolute Gasteiger partial charge is 0.356 e. The third kappa shape index (κ3) is 5.32. The molecule has 0 amide bonds. The van der Waals surface area contributed by atoms with E-state index in [2.05, 4.69) is 10.1 Å². The Morgan fingerprint density at radius 2 is 1.67 bits per heavy atom. The van der Waals surface area contributed by atoms with Crippen LogP contribution in [0, 0.1) is 5.41 Å². The number of alkyl halides is 6. The second-order valence-electron chi connectivity index (χ2n) is 6.21. The van der Waals surface area contributed by atoms with E-state index in [0.717, 1.165) is 6.42 Å². The first-order valence-electron chi connectivity index (χ1n) is 6.89. The van der Waals surface area contributed by atoms with Crippen molar-refractivity contribution in [2.45, 2.75) is 70.6 Å². The van der Waals surface area contributed by atoms with Crippen molar-refractivity contribution in [1.29, 1.82) is 0 Å². The molecule has 0 spiro atoms. The summed E-state index contributed by atoms with van der Waals surface area (Å²) in [4.78, 5) is 0. The van der Waals surface area contributed by atoms with E-state index in [-0.39, 0.29) is 11.8 Å². The zero-order valence-corrected chi connectivity index (χ0v) is 12.2. The summed E-state index contributed by atoms with van der Waals surface area (Å²) in [6, 6.07) is -0.491. The van der Waals surface area contributed by atoms with E-state index >= 15 is 0 Å². The summed E-state index contributed by atoms with van der Waals surface area (Å²) < 4.78 is 80.2. The highest BCUT2D eigenvalue weighted by atomic mass is 19.4. The maximum Gasteiger partial charge on any atom is 0.423 e. The maximum absolute atomic E-state index is 12.6. The van der Waals surface area contributed by atoms with Gasteiger partial charge in [0, 0.05) is 6.04 Å². The van der Waals surface area contributed by atoms with Crippen molar-refractivity contribution in [3.05, 3.63) is 0 Å². The van der Waals surface area contributed by atoms with Crippen LogP contribution in [0.15, 0.2) is 0 Å². The fourth-order valence-corrected chi connectivity index (χ4v) is 2.67. The number of ether oxygens (including phenoxy) is 1. The lowest BCUT2D eigenvalue weighted by Crippen LogP contribution is -2.54. The molecule has 0 aromatic carbocycles. The Morgan fingerprint density at radius 1 is 1.14 bits per heavy atom. The first kappa shape index (κ1) is 18.5. The zero-order valence-electron chi connectivity index (χ0n) is 12.2. The molecule has 8 heteroatoms.